The van der Waals surface area contributed by atoms with Crippen molar-refractivity contribution in [2.45, 2.75) is 26.2 Å². The van der Waals surface area contributed by atoms with Crippen molar-refractivity contribution in [1.29, 1.82) is 0 Å². The number of halogens is 1. The maximum atomic E-state index is 5.31. The first-order valence-corrected chi connectivity index (χ1v) is 7.40. The average Bonchev–Trinajstić information content (AvgIpc) is 2.53. The highest BCUT2D eigenvalue weighted by molar-refractivity contribution is 14.0. The molecule has 1 aromatic rings. The molecule has 0 spiro atoms. The topological polar surface area (TPSA) is 54.9 Å². The minimum atomic E-state index is 0. The average molecular weight is 421 g/mol. The molecule has 22 heavy (non-hydrogen) atoms. The van der Waals surface area contributed by atoms with Gasteiger partial charge in [0.1, 0.15) is 0 Å². The Labute approximate surface area is 150 Å². The summed E-state index contributed by atoms with van der Waals surface area (Å²) >= 11 is 0. The number of hydrogen-bond acceptors (Lipinski definition) is 3. The maximum absolute atomic E-state index is 5.31. The molecule has 0 saturated heterocycles. The number of methoxy groups -OCH3 is 2. The lowest BCUT2D eigenvalue weighted by atomic mass is 10.1. The number of hydrogen-bond donors (Lipinski definition) is 2. The Morgan fingerprint density at radius 2 is 1.77 bits per heavy atom. The summed E-state index contributed by atoms with van der Waals surface area (Å²) < 4.78 is 10.5. The second-order valence-electron chi connectivity index (χ2n) is 4.72. The van der Waals surface area contributed by atoms with E-state index in [0.717, 1.165) is 43.4 Å². The predicted octanol–water partition coefficient (Wildman–Crippen LogP) is 2.83. The molecule has 1 rings (SSSR count). The number of guanidine groups is 1. The van der Waals surface area contributed by atoms with Crippen LogP contribution < -0.4 is 20.1 Å². The van der Waals surface area contributed by atoms with Crippen molar-refractivity contribution in [1.82, 2.24) is 10.6 Å². The monoisotopic (exact) mass is 421 g/mol. The number of ether oxygens (including phenoxy) is 2. The maximum Gasteiger partial charge on any atom is 0.190 e. The summed E-state index contributed by atoms with van der Waals surface area (Å²) in [4.78, 5) is 4.20. The smallest absolute Gasteiger partial charge is 0.190 e. The summed E-state index contributed by atoms with van der Waals surface area (Å²) in [5, 5.41) is 6.60. The van der Waals surface area contributed by atoms with Crippen molar-refractivity contribution >= 4 is 29.9 Å². The second-order valence-corrected chi connectivity index (χ2v) is 4.72. The fourth-order valence-corrected chi connectivity index (χ4v) is 1.97. The lowest BCUT2D eigenvalue weighted by Crippen LogP contribution is -2.38. The minimum absolute atomic E-state index is 0. The standard InChI is InChI=1S/C16H27N3O2.HI/c1-5-6-10-18-16(17-2)19-11-9-13-7-8-14(20-3)15(12-13)21-4;/h7-8,12H,5-6,9-11H2,1-4H3,(H2,17,18,19);1H. The molecule has 0 aliphatic carbocycles. The Balaban J connectivity index is 0.00000441. The third-order valence-corrected chi connectivity index (χ3v) is 3.20. The number of aliphatic imine (C=N–C) groups is 1. The summed E-state index contributed by atoms with van der Waals surface area (Å²) in [6, 6.07) is 5.99. The highest BCUT2D eigenvalue weighted by Crippen LogP contribution is 2.27. The van der Waals surface area contributed by atoms with Crippen LogP contribution in [0, 0.1) is 0 Å². The zero-order valence-corrected chi connectivity index (χ0v) is 16.3. The first kappa shape index (κ1) is 20.8. The molecule has 0 bridgehead atoms. The third kappa shape index (κ3) is 7.20. The number of unbranched alkanes of at least 4 members (excludes halogenated alkanes) is 1. The van der Waals surface area contributed by atoms with Gasteiger partial charge >= 0.3 is 0 Å². The third-order valence-electron chi connectivity index (χ3n) is 3.20. The van der Waals surface area contributed by atoms with Crippen LogP contribution in [0.5, 0.6) is 11.5 Å². The number of rotatable bonds is 8. The largest absolute Gasteiger partial charge is 0.493 e. The van der Waals surface area contributed by atoms with E-state index in [0.29, 0.717) is 0 Å². The minimum Gasteiger partial charge on any atom is -0.493 e. The Morgan fingerprint density at radius 3 is 2.36 bits per heavy atom. The molecule has 0 heterocycles. The Hall–Kier alpha value is -1.18. The molecule has 0 radical (unpaired) electrons. The van der Waals surface area contributed by atoms with Crippen LogP contribution in [-0.4, -0.2) is 40.3 Å². The van der Waals surface area contributed by atoms with E-state index in [-0.39, 0.29) is 24.0 Å². The van der Waals surface area contributed by atoms with Gasteiger partial charge in [0.25, 0.3) is 0 Å². The lowest BCUT2D eigenvalue weighted by molar-refractivity contribution is 0.354. The zero-order valence-electron chi connectivity index (χ0n) is 13.9. The van der Waals surface area contributed by atoms with Gasteiger partial charge in [-0.15, -0.1) is 24.0 Å². The molecule has 5 nitrogen and oxygen atoms in total. The van der Waals surface area contributed by atoms with E-state index in [1.165, 1.54) is 12.0 Å². The Kier molecular flexibility index (Phi) is 11.7. The number of benzene rings is 1. The Bertz CT molecular complexity index is 453. The summed E-state index contributed by atoms with van der Waals surface area (Å²) in [6.45, 7) is 3.95. The van der Waals surface area contributed by atoms with E-state index in [1.807, 2.05) is 12.1 Å². The molecule has 1 aromatic carbocycles. The van der Waals surface area contributed by atoms with Gasteiger partial charge in [0.15, 0.2) is 17.5 Å². The first-order valence-electron chi connectivity index (χ1n) is 7.40. The van der Waals surface area contributed by atoms with Gasteiger partial charge in [0, 0.05) is 20.1 Å². The van der Waals surface area contributed by atoms with Crippen LogP contribution in [0.2, 0.25) is 0 Å². The normalized spacial score (nSPS) is 10.6. The fraction of sp³-hybridized carbons (Fsp3) is 0.562. The highest BCUT2D eigenvalue weighted by atomic mass is 127. The predicted molar refractivity (Wildman–Crippen MR) is 103 cm³/mol. The van der Waals surface area contributed by atoms with Gasteiger partial charge in [0.05, 0.1) is 14.2 Å². The molecule has 0 aromatic heterocycles. The summed E-state index contributed by atoms with van der Waals surface area (Å²) in [6.07, 6.45) is 3.22. The van der Waals surface area contributed by atoms with Crippen LogP contribution in [0.15, 0.2) is 23.2 Å². The first-order chi connectivity index (χ1) is 10.2. The molecule has 0 aliphatic heterocycles. The van der Waals surface area contributed by atoms with Crippen molar-refractivity contribution in [3.05, 3.63) is 23.8 Å². The molecule has 0 fully saturated rings. The molecule has 0 aliphatic rings. The number of nitrogens with one attached hydrogen (secondary N) is 2. The van der Waals surface area contributed by atoms with E-state index in [2.05, 4.69) is 28.6 Å². The summed E-state index contributed by atoms with van der Waals surface area (Å²) in [5.74, 6) is 2.37. The number of nitrogens with zero attached hydrogens (tertiary/aromatic N) is 1. The van der Waals surface area contributed by atoms with Gasteiger partial charge in [-0.3, -0.25) is 4.99 Å². The van der Waals surface area contributed by atoms with E-state index >= 15 is 0 Å². The van der Waals surface area contributed by atoms with Gasteiger partial charge in [-0.1, -0.05) is 19.4 Å². The van der Waals surface area contributed by atoms with Gasteiger partial charge < -0.3 is 20.1 Å². The highest BCUT2D eigenvalue weighted by Gasteiger charge is 2.04. The quantitative estimate of drug-likeness (QED) is 0.294. The van der Waals surface area contributed by atoms with Crippen LogP contribution >= 0.6 is 24.0 Å². The van der Waals surface area contributed by atoms with Gasteiger partial charge in [-0.05, 0) is 30.5 Å². The molecular formula is C16H28IN3O2. The SMILES string of the molecule is CCCCNC(=NC)NCCc1ccc(OC)c(OC)c1.I. The van der Waals surface area contributed by atoms with Crippen molar-refractivity contribution in [3.8, 4) is 11.5 Å². The summed E-state index contributed by atoms with van der Waals surface area (Å²) in [5.41, 5.74) is 1.20. The molecule has 0 unspecified atom stereocenters. The van der Waals surface area contributed by atoms with E-state index < -0.39 is 0 Å². The Morgan fingerprint density at radius 1 is 1.09 bits per heavy atom. The van der Waals surface area contributed by atoms with Crippen molar-refractivity contribution in [2.75, 3.05) is 34.4 Å². The van der Waals surface area contributed by atoms with Gasteiger partial charge in [-0.25, -0.2) is 0 Å². The molecule has 0 amide bonds. The van der Waals surface area contributed by atoms with Crippen LogP contribution in [0.25, 0.3) is 0 Å². The van der Waals surface area contributed by atoms with Crippen molar-refractivity contribution < 1.29 is 9.47 Å². The van der Waals surface area contributed by atoms with E-state index in [4.69, 9.17) is 9.47 Å². The molecule has 0 saturated carbocycles. The van der Waals surface area contributed by atoms with Crippen molar-refractivity contribution in [3.63, 3.8) is 0 Å². The van der Waals surface area contributed by atoms with E-state index in [9.17, 15) is 0 Å². The van der Waals surface area contributed by atoms with Crippen LogP contribution in [0.1, 0.15) is 25.3 Å². The lowest BCUT2D eigenvalue weighted by Gasteiger charge is -2.12. The van der Waals surface area contributed by atoms with E-state index in [1.54, 1.807) is 21.3 Å². The summed E-state index contributed by atoms with van der Waals surface area (Å²) in [7, 11) is 5.09. The van der Waals surface area contributed by atoms with Gasteiger partial charge in [0.2, 0.25) is 0 Å². The second kappa shape index (κ2) is 12.4. The molecule has 6 heteroatoms. The van der Waals surface area contributed by atoms with Crippen LogP contribution in [0.3, 0.4) is 0 Å². The van der Waals surface area contributed by atoms with Crippen LogP contribution in [-0.2, 0) is 6.42 Å². The molecule has 2 N–H and O–H groups in total. The molecule has 0 atom stereocenters. The van der Waals surface area contributed by atoms with Crippen molar-refractivity contribution in [2.24, 2.45) is 4.99 Å². The van der Waals surface area contributed by atoms with Crippen LogP contribution in [0.4, 0.5) is 0 Å². The van der Waals surface area contributed by atoms with Gasteiger partial charge in [-0.2, -0.15) is 0 Å². The zero-order chi connectivity index (χ0) is 15.5. The molecular weight excluding hydrogens is 393 g/mol. The fourth-order valence-electron chi connectivity index (χ4n) is 1.97. The molecule has 126 valence electrons.